The average Bonchev–Trinajstić information content (AvgIpc) is 2.48. The van der Waals surface area contributed by atoms with Crippen molar-refractivity contribution < 1.29 is 9.53 Å². The molecule has 1 aromatic rings. The van der Waals surface area contributed by atoms with E-state index >= 15 is 0 Å². The van der Waals surface area contributed by atoms with E-state index in [9.17, 15) is 4.79 Å². The Balaban J connectivity index is 2.53. The molecule has 0 radical (unpaired) electrons. The quantitative estimate of drug-likeness (QED) is 0.843. The minimum atomic E-state index is -0.185. The highest BCUT2D eigenvalue weighted by Gasteiger charge is 2.19. The summed E-state index contributed by atoms with van der Waals surface area (Å²) in [7, 11) is 0. The van der Waals surface area contributed by atoms with E-state index in [1.54, 1.807) is 30.4 Å². The smallest absolute Gasteiger partial charge is 0.259 e. The molecule has 2 rings (SSSR count). The summed E-state index contributed by atoms with van der Waals surface area (Å²) in [5, 5.41) is 2.77. The third-order valence-corrected chi connectivity index (χ3v) is 2.39. The Morgan fingerprint density at radius 3 is 2.82 bits per heavy atom. The highest BCUT2D eigenvalue weighted by atomic mass is 16.5. The molecule has 0 aromatic heterocycles. The van der Waals surface area contributed by atoms with Gasteiger partial charge in [-0.05, 0) is 31.2 Å². The zero-order valence-corrected chi connectivity index (χ0v) is 9.57. The first-order valence-corrected chi connectivity index (χ1v) is 5.34. The third kappa shape index (κ3) is 2.13. The van der Waals surface area contributed by atoms with Gasteiger partial charge in [-0.25, -0.2) is 0 Å². The number of amides is 1. The number of ether oxygens (including phenoxy) is 1. The molecule has 0 aliphatic carbocycles. The molecule has 0 unspecified atom stereocenters. The van der Waals surface area contributed by atoms with Crippen LogP contribution in [-0.4, -0.2) is 5.91 Å². The first-order chi connectivity index (χ1) is 8.26. The van der Waals surface area contributed by atoms with Gasteiger partial charge in [0.15, 0.2) is 5.76 Å². The molecule has 86 valence electrons. The van der Waals surface area contributed by atoms with Gasteiger partial charge in [-0.15, -0.1) is 0 Å². The lowest BCUT2D eigenvalue weighted by molar-refractivity contribution is 0.0967. The van der Waals surface area contributed by atoms with E-state index in [1.165, 1.54) is 0 Å². The van der Waals surface area contributed by atoms with Crippen LogP contribution in [-0.2, 0) is 0 Å². The number of para-hydroxylation sites is 1. The summed E-state index contributed by atoms with van der Waals surface area (Å²) < 4.78 is 5.71. The van der Waals surface area contributed by atoms with Crippen molar-refractivity contribution in [3.05, 3.63) is 66.1 Å². The van der Waals surface area contributed by atoms with Gasteiger partial charge in [-0.3, -0.25) is 4.79 Å². The van der Waals surface area contributed by atoms with Gasteiger partial charge in [-0.1, -0.05) is 24.8 Å². The standard InChI is InChI=1S/C14H13NO2/c1-3-7-13-11(4-2)15-14(16)10-8-5-6-9-12(10)17-13/h3-9H,2H2,1H3,(H,15,16)/b7-3-. The number of benzene rings is 1. The molecule has 1 aromatic carbocycles. The Morgan fingerprint density at radius 2 is 2.12 bits per heavy atom. The van der Waals surface area contributed by atoms with Crippen LogP contribution >= 0.6 is 0 Å². The zero-order valence-electron chi connectivity index (χ0n) is 9.57. The molecule has 3 nitrogen and oxygen atoms in total. The van der Waals surface area contributed by atoms with Crippen LogP contribution in [0.4, 0.5) is 0 Å². The van der Waals surface area contributed by atoms with Crippen molar-refractivity contribution >= 4 is 5.91 Å². The highest BCUT2D eigenvalue weighted by Crippen LogP contribution is 2.25. The Kier molecular flexibility index (Phi) is 3.10. The maximum Gasteiger partial charge on any atom is 0.259 e. The lowest BCUT2D eigenvalue weighted by Gasteiger charge is -2.06. The number of rotatable bonds is 2. The van der Waals surface area contributed by atoms with E-state index < -0.39 is 0 Å². The Labute approximate surface area is 100 Å². The van der Waals surface area contributed by atoms with Gasteiger partial charge >= 0.3 is 0 Å². The minimum absolute atomic E-state index is 0.185. The van der Waals surface area contributed by atoms with E-state index in [4.69, 9.17) is 4.74 Å². The van der Waals surface area contributed by atoms with Crippen LogP contribution in [0.5, 0.6) is 5.75 Å². The van der Waals surface area contributed by atoms with Crippen molar-refractivity contribution in [1.82, 2.24) is 5.32 Å². The van der Waals surface area contributed by atoms with Crippen molar-refractivity contribution in [2.75, 3.05) is 0 Å². The van der Waals surface area contributed by atoms with Gasteiger partial charge < -0.3 is 10.1 Å². The summed E-state index contributed by atoms with van der Waals surface area (Å²) in [6, 6.07) is 7.13. The number of hydrogen-bond acceptors (Lipinski definition) is 2. The molecule has 0 atom stereocenters. The van der Waals surface area contributed by atoms with Gasteiger partial charge in [0, 0.05) is 0 Å². The van der Waals surface area contributed by atoms with Crippen LogP contribution in [0.25, 0.3) is 0 Å². The number of fused-ring (bicyclic) bond motifs is 1. The summed E-state index contributed by atoms with van der Waals surface area (Å²) in [5.41, 5.74) is 1.09. The Bertz CT molecular complexity index is 527. The molecular formula is C14H13NO2. The minimum Gasteiger partial charge on any atom is -0.454 e. The largest absolute Gasteiger partial charge is 0.454 e. The van der Waals surface area contributed by atoms with Crippen LogP contribution in [0.2, 0.25) is 0 Å². The summed E-state index contributed by atoms with van der Waals surface area (Å²) in [4.78, 5) is 11.9. The topological polar surface area (TPSA) is 38.3 Å². The summed E-state index contributed by atoms with van der Waals surface area (Å²) in [5.74, 6) is 0.950. The molecule has 0 saturated heterocycles. The molecule has 1 aliphatic heterocycles. The van der Waals surface area contributed by atoms with Crippen molar-refractivity contribution in [3.8, 4) is 5.75 Å². The van der Waals surface area contributed by atoms with Crippen molar-refractivity contribution in [1.29, 1.82) is 0 Å². The van der Waals surface area contributed by atoms with Crippen molar-refractivity contribution in [2.45, 2.75) is 6.92 Å². The van der Waals surface area contributed by atoms with E-state index in [2.05, 4.69) is 11.9 Å². The monoisotopic (exact) mass is 227 g/mol. The molecule has 1 amide bonds. The summed E-state index contributed by atoms with van der Waals surface area (Å²) in [6.45, 7) is 5.55. The van der Waals surface area contributed by atoms with E-state index in [0.29, 0.717) is 22.8 Å². The fourth-order valence-electron chi connectivity index (χ4n) is 1.59. The average molecular weight is 227 g/mol. The first-order valence-electron chi connectivity index (χ1n) is 5.34. The Hall–Kier alpha value is -2.29. The molecule has 0 spiro atoms. The van der Waals surface area contributed by atoms with Crippen LogP contribution in [0.15, 0.2) is 60.5 Å². The van der Waals surface area contributed by atoms with E-state index in [-0.39, 0.29) is 5.91 Å². The fraction of sp³-hybridized carbons (Fsp3) is 0.0714. The molecule has 0 fully saturated rings. The third-order valence-electron chi connectivity index (χ3n) is 2.39. The molecule has 0 saturated carbocycles. The van der Waals surface area contributed by atoms with E-state index in [1.807, 2.05) is 19.1 Å². The van der Waals surface area contributed by atoms with Gasteiger partial charge in [0.25, 0.3) is 5.91 Å². The predicted octanol–water partition coefficient (Wildman–Crippen LogP) is 2.78. The maximum absolute atomic E-state index is 11.9. The number of hydrogen-bond donors (Lipinski definition) is 1. The predicted molar refractivity (Wildman–Crippen MR) is 66.6 cm³/mol. The second kappa shape index (κ2) is 4.70. The molecule has 0 bridgehead atoms. The SMILES string of the molecule is C=CC1=C(/C=C\C)Oc2ccccc2C(=O)N1. The van der Waals surface area contributed by atoms with Crippen molar-refractivity contribution in [2.24, 2.45) is 0 Å². The number of nitrogens with one attached hydrogen (secondary N) is 1. The summed E-state index contributed by atoms with van der Waals surface area (Å²) in [6.07, 6.45) is 5.21. The second-order valence-electron chi connectivity index (χ2n) is 3.53. The van der Waals surface area contributed by atoms with Gasteiger partial charge in [0.1, 0.15) is 5.75 Å². The molecule has 1 N–H and O–H groups in total. The molecule has 3 heteroatoms. The second-order valence-corrected chi connectivity index (χ2v) is 3.53. The maximum atomic E-state index is 11.9. The normalized spacial score (nSPS) is 15.0. The van der Waals surface area contributed by atoms with Gasteiger partial charge in [0.2, 0.25) is 0 Å². The Morgan fingerprint density at radius 1 is 1.35 bits per heavy atom. The fourth-order valence-corrected chi connectivity index (χ4v) is 1.59. The summed E-state index contributed by atoms with van der Waals surface area (Å²) >= 11 is 0. The van der Waals surface area contributed by atoms with Crippen LogP contribution in [0.3, 0.4) is 0 Å². The molecule has 17 heavy (non-hydrogen) atoms. The zero-order chi connectivity index (χ0) is 12.3. The highest BCUT2D eigenvalue weighted by molar-refractivity contribution is 5.98. The van der Waals surface area contributed by atoms with Crippen molar-refractivity contribution in [3.63, 3.8) is 0 Å². The lowest BCUT2D eigenvalue weighted by atomic mass is 10.2. The molecule has 1 heterocycles. The number of allylic oxidation sites excluding steroid dienone is 3. The van der Waals surface area contributed by atoms with Crippen LogP contribution in [0, 0.1) is 0 Å². The molecule has 1 aliphatic rings. The van der Waals surface area contributed by atoms with E-state index in [0.717, 1.165) is 0 Å². The van der Waals surface area contributed by atoms with Crippen LogP contribution < -0.4 is 10.1 Å². The van der Waals surface area contributed by atoms with Gasteiger partial charge in [0.05, 0.1) is 11.3 Å². The number of carbonyl (C=O) groups excluding carboxylic acids is 1. The van der Waals surface area contributed by atoms with Crippen LogP contribution in [0.1, 0.15) is 17.3 Å². The lowest BCUT2D eigenvalue weighted by Crippen LogP contribution is -2.21. The first kappa shape index (κ1) is 11.2. The van der Waals surface area contributed by atoms with Gasteiger partial charge in [-0.2, -0.15) is 0 Å². The molecular weight excluding hydrogens is 214 g/mol. The number of carbonyl (C=O) groups is 1.